The molecule has 0 spiro atoms. The molecule has 0 aromatic rings. The number of unbranched alkanes of at least 4 members (excludes halogenated alkanes) is 5. The summed E-state index contributed by atoms with van der Waals surface area (Å²) in [6.07, 6.45) is 12.1. The molecule has 0 saturated heterocycles. The van der Waals surface area contributed by atoms with Crippen LogP contribution >= 0.6 is 12.2 Å². The minimum absolute atomic E-state index is 0.623. The van der Waals surface area contributed by atoms with E-state index in [-0.39, 0.29) is 0 Å². The van der Waals surface area contributed by atoms with E-state index in [2.05, 4.69) is 25.2 Å². The highest BCUT2D eigenvalue weighted by atomic mass is 32.1. The molecule has 0 heterocycles. The Morgan fingerprint density at radius 3 is 2.54 bits per heavy atom. The van der Waals surface area contributed by atoms with Crippen molar-refractivity contribution in [1.82, 2.24) is 0 Å². The Balaban J connectivity index is 2.97. The largest absolute Gasteiger partial charge is 0.486 e. The smallest absolute Gasteiger partial charge is 0.146 e. The molecule has 0 fully saturated rings. The van der Waals surface area contributed by atoms with Crippen molar-refractivity contribution in [3.8, 4) is 0 Å². The predicted molar refractivity (Wildman–Crippen MR) is 62.1 cm³/mol. The van der Waals surface area contributed by atoms with Crippen LogP contribution in [0.25, 0.3) is 0 Å². The van der Waals surface area contributed by atoms with Crippen molar-refractivity contribution < 1.29 is 4.74 Å². The van der Waals surface area contributed by atoms with E-state index in [4.69, 9.17) is 4.74 Å². The van der Waals surface area contributed by atoms with Gasteiger partial charge in [0.2, 0.25) is 0 Å². The van der Waals surface area contributed by atoms with E-state index in [9.17, 15) is 0 Å². The van der Waals surface area contributed by atoms with E-state index < -0.39 is 0 Å². The van der Waals surface area contributed by atoms with Gasteiger partial charge >= 0.3 is 0 Å². The van der Waals surface area contributed by atoms with Crippen molar-refractivity contribution in [1.29, 1.82) is 0 Å². The molecule has 0 unspecified atom stereocenters. The normalized spacial score (nSPS) is 10.5. The molecule has 0 saturated carbocycles. The Labute approximate surface area is 87.2 Å². The molecule has 0 aliphatic heterocycles. The van der Waals surface area contributed by atoms with Gasteiger partial charge in [-0.25, -0.2) is 0 Å². The van der Waals surface area contributed by atoms with Gasteiger partial charge in [-0.2, -0.15) is 0 Å². The number of hydrogen-bond acceptors (Lipinski definition) is 2. The zero-order valence-corrected chi connectivity index (χ0v) is 9.31. The fourth-order valence-corrected chi connectivity index (χ4v) is 1.23. The quantitative estimate of drug-likeness (QED) is 0.317. The number of rotatable bonds is 9. The van der Waals surface area contributed by atoms with Crippen molar-refractivity contribution >= 4 is 17.8 Å². The van der Waals surface area contributed by atoms with Crippen LogP contribution in [0.15, 0.2) is 12.2 Å². The Morgan fingerprint density at radius 1 is 1.08 bits per heavy atom. The van der Waals surface area contributed by atoms with Gasteiger partial charge in [0.25, 0.3) is 0 Å². The van der Waals surface area contributed by atoms with Crippen LogP contribution in [0, 0.1) is 0 Å². The van der Waals surface area contributed by atoms with Gasteiger partial charge in [-0.15, -0.1) is 0 Å². The first-order valence-electron chi connectivity index (χ1n) is 5.12. The Bertz CT molecular complexity index is 132. The van der Waals surface area contributed by atoms with Gasteiger partial charge in [-0.05, 0) is 25.1 Å². The minimum Gasteiger partial charge on any atom is -0.486 e. The molecule has 0 aromatic carbocycles. The SMILES string of the molecule is CCCCCCCC=CCOC=S. The Hall–Kier alpha value is -0.370. The van der Waals surface area contributed by atoms with E-state index in [0.717, 1.165) is 0 Å². The van der Waals surface area contributed by atoms with Crippen LogP contribution in [-0.2, 0) is 4.74 Å². The van der Waals surface area contributed by atoms with Gasteiger partial charge < -0.3 is 4.74 Å². The topological polar surface area (TPSA) is 9.23 Å². The highest BCUT2D eigenvalue weighted by Crippen LogP contribution is 2.04. The lowest BCUT2D eigenvalue weighted by Gasteiger charge is -1.96. The van der Waals surface area contributed by atoms with Gasteiger partial charge in [0.1, 0.15) is 12.2 Å². The molecule has 0 aliphatic rings. The van der Waals surface area contributed by atoms with E-state index in [0.29, 0.717) is 6.61 Å². The average Bonchev–Trinajstić information content (AvgIpc) is 2.16. The Morgan fingerprint density at radius 2 is 1.85 bits per heavy atom. The maximum absolute atomic E-state index is 4.88. The second-order valence-corrected chi connectivity index (χ2v) is 3.30. The summed E-state index contributed by atoms with van der Waals surface area (Å²) in [5, 5.41) is 0. The number of ether oxygens (including phenoxy) is 1. The highest BCUT2D eigenvalue weighted by Gasteiger charge is 1.85. The zero-order valence-electron chi connectivity index (χ0n) is 8.50. The Kier molecular flexibility index (Phi) is 11.3. The fourth-order valence-electron chi connectivity index (χ4n) is 1.15. The molecule has 1 nitrogen and oxygen atoms in total. The van der Waals surface area contributed by atoms with Crippen LogP contribution in [0.1, 0.15) is 45.4 Å². The van der Waals surface area contributed by atoms with Crippen molar-refractivity contribution in [3.05, 3.63) is 12.2 Å². The standard InChI is InChI=1S/C11H20OS/c1-2-3-4-5-6-7-8-9-10-12-11-13/h8-9,11H,2-7,10H2,1H3. The van der Waals surface area contributed by atoms with Crippen molar-refractivity contribution in [2.24, 2.45) is 0 Å². The number of hydrogen-bond donors (Lipinski definition) is 0. The molecule has 0 aliphatic carbocycles. The molecule has 13 heavy (non-hydrogen) atoms. The van der Waals surface area contributed by atoms with Crippen LogP contribution < -0.4 is 0 Å². The second kappa shape index (κ2) is 11.6. The van der Waals surface area contributed by atoms with Crippen molar-refractivity contribution in [3.63, 3.8) is 0 Å². The number of thiocarbonyl (C=S) groups is 1. The van der Waals surface area contributed by atoms with Gasteiger partial charge in [-0.1, -0.05) is 44.8 Å². The molecule has 0 bridgehead atoms. The first-order valence-corrected chi connectivity index (χ1v) is 5.59. The summed E-state index contributed by atoms with van der Waals surface area (Å²) in [6.45, 7) is 2.86. The van der Waals surface area contributed by atoms with Crippen molar-refractivity contribution in [2.75, 3.05) is 6.61 Å². The van der Waals surface area contributed by atoms with Gasteiger partial charge in [0.15, 0.2) is 0 Å². The van der Waals surface area contributed by atoms with Crippen LogP contribution in [0.3, 0.4) is 0 Å². The summed E-state index contributed by atoms with van der Waals surface area (Å²) in [6, 6.07) is 0. The van der Waals surface area contributed by atoms with Crippen LogP contribution in [0.4, 0.5) is 0 Å². The summed E-state index contributed by atoms with van der Waals surface area (Å²) in [5.41, 5.74) is 1.31. The van der Waals surface area contributed by atoms with Crippen LogP contribution in [0.2, 0.25) is 0 Å². The van der Waals surface area contributed by atoms with E-state index in [1.54, 1.807) is 0 Å². The van der Waals surface area contributed by atoms with E-state index in [1.807, 2.05) is 6.08 Å². The molecule has 0 amide bonds. The molecule has 0 aromatic heterocycles. The number of allylic oxidation sites excluding steroid dienone is 1. The molecule has 0 N–H and O–H groups in total. The summed E-state index contributed by atoms with van der Waals surface area (Å²) in [4.78, 5) is 0. The van der Waals surface area contributed by atoms with Crippen LogP contribution in [-0.4, -0.2) is 12.2 Å². The summed E-state index contributed by atoms with van der Waals surface area (Å²) < 4.78 is 4.88. The van der Waals surface area contributed by atoms with Gasteiger partial charge in [0, 0.05) is 0 Å². The molecule has 2 heteroatoms. The van der Waals surface area contributed by atoms with E-state index >= 15 is 0 Å². The lowest BCUT2D eigenvalue weighted by Crippen LogP contribution is -1.83. The molecular formula is C11H20OS. The lowest BCUT2D eigenvalue weighted by atomic mass is 10.1. The molecule has 0 radical (unpaired) electrons. The first-order chi connectivity index (χ1) is 6.41. The second-order valence-electron chi connectivity index (χ2n) is 3.10. The zero-order chi connectivity index (χ0) is 9.78. The third-order valence-corrected chi connectivity index (χ3v) is 2.04. The first kappa shape index (κ1) is 12.6. The highest BCUT2D eigenvalue weighted by molar-refractivity contribution is 7.78. The predicted octanol–water partition coefficient (Wildman–Crippen LogP) is 3.88. The monoisotopic (exact) mass is 200 g/mol. The summed E-state index contributed by atoms with van der Waals surface area (Å²) >= 11 is 4.52. The third-order valence-electron chi connectivity index (χ3n) is 1.90. The maximum Gasteiger partial charge on any atom is 0.146 e. The molecule has 0 rings (SSSR count). The lowest BCUT2D eigenvalue weighted by molar-refractivity contribution is 0.375. The summed E-state index contributed by atoms with van der Waals surface area (Å²) in [5.74, 6) is 0. The minimum atomic E-state index is 0.623. The van der Waals surface area contributed by atoms with Crippen molar-refractivity contribution in [2.45, 2.75) is 45.4 Å². The third kappa shape index (κ3) is 11.6. The summed E-state index contributed by atoms with van der Waals surface area (Å²) in [7, 11) is 0. The van der Waals surface area contributed by atoms with Crippen LogP contribution in [0.5, 0.6) is 0 Å². The fraction of sp³-hybridized carbons (Fsp3) is 0.727. The average molecular weight is 200 g/mol. The maximum atomic E-state index is 4.88. The van der Waals surface area contributed by atoms with Gasteiger partial charge in [-0.3, -0.25) is 0 Å². The molecular weight excluding hydrogens is 180 g/mol. The molecule has 0 atom stereocenters. The molecule has 76 valence electrons. The van der Waals surface area contributed by atoms with Gasteiger partial charge in [0.05, 0.1) is 0 Å². The van der Waals surface area contributed by atoms with E-state index in [1.165, 1.54) is 44.1 Å².